The first-order valence-electron chi connectivity index (χ1n) is 9.96. The molecule has 1 aromatic rings. The maximum atomic E-state index is 13.3. The summed E-state index contributed by atoms with van der Waals surface area (Å²) in [5.41, 5.74) is 1.17. The van der Waals surface area contributed by atoms with E-state index in [0.29, 0.717) is 5.92 Å². The van der Waals surface area contributed by atoms with Gasteiger partial charge in [0.15, 0.2) is 0 Å². The number of rotatable bonds is 3. The first-order chi connectivity index (χ1) is 12.6. The van der Waals surface area contributed by atoms with Gasteiger partial charge in [-0.1, -0.05) is 30.3 Å². The van der Waals surface area contributed by atoms with Crippen molar-refractivity contribution in [2.45, 2.75) is 50.7 Å². The molecule has 1 amide bonds. The fourth-order valence-corrected chi connectivity index (χ4v) is 5.39. The molecule has 2 bridgehead atoms. The number of nitrogens with one attached hydrogen (secondary N) is 1. The second kappa shape index (κ2) is 7.12. The highest BCUT2D eigenvalue weighted by Crippen LogP contribution is 2.48. The second-order valence-electron chi connectivity index (χ2n) is 8.12. The number of benzene rings is 1. The minimum absolute atomic E-state index is 0.0682. The van der Waals surface area contributed by atoms with E-state index in [9.17, 15) is 9.59 Å². The molecule has 1 aromatic carbocycles. The summed E-state index contributed by atoms with van der Waals surface area (Å²) in [7, 11) is 0. The van der Waals surface area contributed by atoms with Crippen molar-refractivity contribution in [1.82, 2.24) is 5.32 Å². The van der Waals surface area contributed by atoms with Crippen LogP contribution in [0, 0.1) is 5.92 Å². The summed E-state index contributed by atoms with van der Waals surface area (Å²) in [6.45, 7) is 4.89. The van der Waals surface area contributed by atoms with E-state index in [0.717, 1.165) is 51.9 Å². The Kier molecular flexibility index (Phi) is 4.84. The predicted molar refractivity (Wildman–Crippen MR) is 98.4 cm³/mol. The zero-order valence-corrected chi connectivity index (χ0v) is 15.5. The number of amides is 1. The van der Waals surface area contributed by atoms with E-state index in [1.165, 1.54) is 5.56 Å². The zero-order valence-electron chi connectivity index (χ0n) is 15.5. The van der Waals surface area contributed by atoms with Crippen LogP contribution in [0.1, 0.15) is 44.1 Å². The Bertz CT molecular complexity index is 661. The van der Waals surface area contributed by atoms with Crippen LogP contribution in [0.15, 0.2) is 30.3 Å². The number of nitrogens with zero attached hydrogens (tertiary/aromatic N) is 1. The van der Waals surface area contributed by atoms with Gasteiger partial charge in [0, 0.05) is 19.4 Å². The van der Waals surface area contributed by atoms with Gasteiger partial charge >= 0.3 is 11.9 Å². The summed E-state index contributed by atoms with van der Waals surface area (Å²) in [6.07, 6.45) is 3.88. The monoisotopic (exact) mass is 357 g/mol. The van der Waals surface area contributed by atoms with E-state index < -0.39 is 6.04 Å². The van der Waals surface area contributed by atoms with Gasteiger partial charge in [-0.05, 0) is 30.9 Å². The van der Waals surface area contributed by atoms with Crippen LogP contribution in [0.4, 0.5) is 0 Å². The molecule has 0 saturated carbocycles. The lowest BCUT2D eigenvalue weighted by atomic mass is 9.68. The lowest BCUT2D eigenvalue weighted by molar-refractivity contribution is -0.889. The number of piperidine rings is 4. The van der Waals surface area contributed by atoms with Crippen molar-refractivity contribution >= 4 is 11.9 Å². The van der Waals surface area contributed by atoms with E-state index in [-0.39, 0.29) is 28.4 Å². The quantitative estimate of drug-likeness (QED) is 0.666. The number of fused-ring (bicyclic) bond motifs is 3. The molecular weight excluding hydrogens is 328 g/mol. The third-order valence-corrected chi connectivity index (χ3v) is 6.77. The Morgan fingerprint density at radius 2 is 1.85 bits per heavy atom. The normalized spacial score (nSPS) is 36.5. The summed E-state index contributed by atoms with van der Waals surface area (Å²) in [5, 5.41) is 3.30. The molecule has 4 heterocycles. The van der Waals surface area contributed by atoms with Gasteiger partial charge in [0.1, 0.15) is 6.10 Å². The number of carbonyl (C=O) groups is 2. The molecule has 2 unspecified atom stereocenters. The molecule has 4 saturated heterocycles. The van der Waals surface area contributed by atoms with E-state index >= 15 is 0 Å². The number of carbonyl (C=O) groups excluding carboxylic acids is 2. The molecule has 0 aromatic heterocycles. The second-order valence-corrected chi connectivity index (χ2v) is 8.12. The topological polar surface area (TPSA) is 55.4 Å². The van der Waals surface area contributed by atoms with E-state index in [4.69, 9.17) is 4.74 Å². The molecule has 0 aliphatic carbocycles. The summed E-state index contributed by atoms with van der Waals surface area (Å²) < 4.78 is 6.21. The highest BCUT2D eigenvalue weighted by Gasteiger charge is 2.60. The number of quaternary nitrogens is 1. The maximum Gasteiger partial charge on any atom is 0.366 e. The summed E-state index contributed by atoms with van der Waals surface area (Å²) >= 11 is 0. The van der Waals surface area contributed by atoms with Crippen molar-refractivity contribution in [3.05, 3.63) is 35.9 Å². The fourth-order valence-electron chi connectivity index (χ4n) is 5.39. The Labute approximate surface area is 155 Å². The molecule has 3 atom stereocenters. The molecule has 5 rings (SSSR count). The number of ether oxygens (including phenoxy) is 1. The SMILES string of the molecule is CC(=O)[N+]12CCC(CC1)C(c1ccccc1)[C@@H]2C(=O)OC1CCCNC1. The van der Waals surface area contributed by atoms with Crippen molar-refractivity contribution in [3.8, 4) is 0 Å². The zero-order chi connectivity index (χ0) is 18.1. The Morgan fingerprint density at radius 3 is 2.46 bits per heavy atom. The molecule has 5 nitrogen and oxygen atoms in total. The first kappa shape index (κ1) is 17.7. The fraction of sp³-hybridized carbons (Fsp3) is 0.619. The van der Waals surface area contributed by atoms with Gasteiger partial charge in [-0.3, -0.25) is 0 Å². The molecule has 26 heavy (non-hydrogen) atoms. The molecule has 1 N–H and O–H groups in total. The molecular formula is C21H29N2O3+. The average molecular weight is 357 g/mol. The van der Waals surface area contributed by atoms with Crippen molar-refractivity contribution in [3.63, 3.8) is 0 Å². The average Bonchev–Trinajstić information content (AvgIpc) is 2.69. The smallest absolute Gasteiger partial charge is 0.366 e. The summed E-state index contributed by atoms with van der Waals surface area (Å²) in [5.74, 6) is 0.463. The molecule has 0 spiro atoms. The van der Waals surface area contributed by atoms with Crippen molar-refractivity contribution in [2.75, 3.05) is 26.2 Å². The van der Waals surface area contributed by atoms with Crippen LogP contribution < -0.4 is 5.32 Å². The maximum absolute atomic E-state index is 13.3. The van der Waals surface area contributed by atoms with Crippen LogP contribution >= 0.6 is 0 Å². The highest BCUT2D eigenvalue weighted by molar-refractivity contribution is 5.80. The predicted octanol–water partition coefficient (Wildman–Crippen LogP) is 2.22. The minimum atomic E-state index is -0.399. The number of hydrogen-bond acceptors (Lipinski definition) is 4. The number of hydrogen-bond donors (Lipinski definition) is 1. The summed E-state index contributed by atoms with van der Waals surface area (Å²) in [4.78, 5) is 26.0. The standard InChI is InChI=1S/C21H29N2O3/c1-15(24)23-12-9-17(10-13-23)19(16-6-3-2-4-7-16)20(23)21(25)26-18-8-5-11-22-14-18/h2-4,6-7,17-20,22H,5,8-14H2,1H3/q+1/t17?,18?,19?,20-,23?/m1/s1. The molecule has 0 radical (unpaired) electrons. The van der Waals surface area contributed by atoms with E-state index in [1.54, 1.807) is 6.92 Å². The summed E-state index contributed by atoms with van der Waals surface area (Å²) in [6, 6.07) is 9.86. The molecule has 4 aliphatic heterocycles. The Morgan fingerprint density at radius 1 is 1.12 bits per heavy atom. The largest absolute Gasteiger partial charge is 0.457 e. The molecule has 4 aliphatic rings. The lowest BCUT2D eigenvalue weighted by Crippen LogP contribution is -2.71. The van der Waals surface area contributed by atoms with Gasteiger partial charge < -0.3 is 10.1 Å². The van der Waals surface area contributed by atoms with Crippen molar-refractivity contribution in [2.24, 2.45) is 5.92 Å². The van der Waals surface area contributed by atoms with E-state index in [1.807, 2.05) is 18.2 Å². The number of esters is 1. The van der Waals surface area contributed by atoms with Crippen molar-refractivity contribution in [1.29, 1.82) is 0 Å². The van der Waals surface area contributed by atoms with Crippen LogP contribution in [0.2, 0.25) is 0 Å². The van der Waals surface area contributed by atoms with Gasteiger partial charge in [-0.15, -0.1) is 0 Å². The molecule has 5 heteroatoms. The van der Waals surface area contributed by atoms with Gasteiger partial charge in [0.25, 0.3) is 0 Å². The minimum Gasteiger partial charge on any atom is -0.457 e. The van der Waals surface area contributed by atoms with Gasteiger partial charge in [-0.2, -0.15) is 0 Å². The lowest BCUT2D eigenvalue weighted by Gasteiger charge is -2.54. The van der Waals surface area contributed by atoms with Gasteiger partial charge in [0.2, 0.25) is 6.04 Å². The van der Waals surface area contributed by atoms with Crippen LogP contribution in [-0.2, 0) is 14.3 Å². The third-order valence-electron chi connectivity index (χ3n) is 6.77. The van der Waals surface area contributed by atoms with Crippen molar-refractivity contribution < 1.29 is 18.8 Å². The van der Waals surface area contributed by atoms with Crippen LogP contribution in [0.3, 0.4) is 0 Å². The Hall–Kier alpha value is -1.72. The van der Waals surface area contributed by atoms with Gasteiger partial charge in [0.05, 0.1) is 25.9 Å². The Balaban J connectivity index is 1.67. The van der Waals surface area contributed by atoms with Crippen LogP contribution in [0.25, 0.3) is 0 Å². The third kappa shape index (κ3) is 2.97. The van der Waals surface area contributed by atoms with Gasteiger partial charge in [-0.25, -0.2) is 14.1 Å². The first-order valence-corrected chi connectivity index (χ1v) is 9.96. The van der Waals surface area contributed by atoms with Crippen LogP contribution in [-0.4, -0.2) is 54.7 Å². The molecule has 140 valence electrons. The van der Waals surface area contributed by atoms with Crippen LogP contribution in [0.5, 0.6) is 0 Å². The van der Waals surface area contributed by atoms with E-state index in [2.05, 4.69) is 17.4 Å². The highest BCUT2D eigenvalue weighted by atomic mass is 16.5. The molecule has 4 fully saturated rings.